The minimum Gasteiger partial charge on any atom is -0.497 e. The summed E-state index contributed by atoms with van der Waals surface area (Å²) in [6, 6.07) is 11.5. The number of hydrogen-bond acceptors (Lipinski definition) is 6. The average Bonchev–Trinajstić information content (AvgIpc) is 3.45. The molecule has 2 amide bonds. The van der Waals surface area contributed by atoms with E-state index in [-0.39, 0.29) is 11.8 Å². The molecule has 0 radical (unpaired) electrons. The van der Waals surface area contributed by atoms with Crippen molar-refractivity contribution in [3.05, 3.63) is 58.1 Å². The summed E-state index contributed by atoms with van der Waals surface area (Å²) < 4.78 is 5.23. The predicted molar refractivity (Wildman–Crippen MR) is 121 cm³/mol. The molecule has 2 heterocycles. The predicted octanol–water partition coefficient (Wildman–Crippen LogP) is 4.76. The maximum absolute atomic E-state index is 12.9. The van der Waals surface area contributed by atoms with Crippen LogP contribution in [-0.4, -0.2) is 46.6 Å². The minimum atomic E-state index is -0.592. The van der Waals surface area contributed by atoms with E-state index in [9.17, 15) is 9.59 Å². The highest BCUT2D eigenvalue weighted by atomic mass is 35.5. The second-order valence-electron chi connectivity index (χ2n) is 6.92. The summed E-state index contributed by atoms with van der Waals surface area (Å²) in [7, 11) is 1.59. The Balaban J connectivity index is 1.47. The molecule has 10 heteroatoms. The molecule has 1 N–H and O–H groups in total. The second kappa shape index (κ2) is 9.21. The Morgan fingerprint density at radius 3 is 2.77 bits per heavy atom. The number of halogens is 2. The van der Waals surface area contributed by atoms with Gasteiger partial charge in [-0.05, 0) is 43.2 Å². The lowest BCUT2D eigenvalue weighted by Crippen LogP contribution is -2.43. The van der Waals surface area contributed by atoms with Gasteiger partial charge in [0.15, 0.2) is 0 Å². The molecule has 1 unspecified atom stereocenters. The second-order valence-corrected chi connectivity index (χ2v) is 8.71. The molecule has 0 saturated carbocycles. The summed E-state index contributed by atoms with van der Waals surface area (Å²) in [6.07, 6.45) is 1.30. The van der Waals surface area contributed by atoms with Gasteiger partial charge in [0.2, 0.25) is 11.0 Å². The first-order valence-corrected chi connectivity index (χ1v) is 11.1. The van der Waals surface area contributed by atoms with Crippen molar-refractivity contribution in [1.82, 2.24) is 15.1 Å². The van der Waals surface area contributed by atoms with Gasteiger partial charge in [0.05, 0.1) is 17.2 Å². The molecule has 1 saturated heterocycles. The van der Waals surface area contributed by atoms with Crippen molar-refractivity contribution in [1.29, 1.82) is 0 Å². The maximum Gasteiger partial charge on any atom is 0.254 e. The van der Waals surface area contributed by atoms with Crippen LogP contribution in [0.25, 0.3) is 10.6 Å². The SMILES string of the molecule is COc1cccc(-c2nnc(NC(=O)C3CCCN3C(=O)c3ccc(Cl)c(Cl)c3)s2)c1. The van der Waals surface area contributed by atoms with Gasteiger partial charge in [-0.1, -0.05) is 46.7 Å². The Kier molecular flexibility index (Phi) is 6.41. The molecular formula is C21H18Cl2N4O3S. The van der Waals surface area contributed by atoms with Crippen LogP contribution in [0, 0.1) is 0 Å². The van der Waals surface area contributed by atoms with Gasteiger partial charge in [-0.2, -0.15) is 0 Å². The van der Waals surface area contributed by atoms with Gasteiger partial charge >= 0.3 is 0 Å². The minimum absolute atomic E-state index is 0.259. The van der Waals surface area contributed by atoms with Crippen molar-refractivity contribution in [3.8, 4) is 16.3 Å². The van der Waals surface area contributed by atoms with Gasteiger partial charge < -0.3 is 9.64 Å². The zero-order valence-corrected chi connectivity index (χ0v) is 18.8. The van der Waals surface area contributed by atoms with E-state index in [1.54, 1.807) is 24.1 Å². The molecule has 1 aromatic heterocycles. The highest BCUT2D eigenvalue weighted by molar-refractivity contribution is 7.18. The molecule has 1 fully saturated rings. The fourth-order valence-corrected chi connectivity index (χ4v) is 4.45. The van der Waals surface area contributed by atoms with Gasteiger partial charge in [0.1, 0.15) is 16.8 Å². The smallest absolute Gasteiger partial charge is 0.254 e. The van der Waals surface area contributed by atoms with Crippen LogP contribution in [0.1, 0.15) is 23.2 Å². The molecule has 1 aliphatic heterocycles. The van der Waals surface area contributed by atoms with Gasteiger partial charge in [-0.3, -0.25) is 14.9 Å². The maximum atomic E-state index is 12.9. The standard InChI is InChI=1S/C21H18Cl2N4O3S/c1-30-14-5-2-4-12(10-14)19-25-26-21(31-19)24-18(28)17-6-3-9-27(17)20(29)13-7-8-15(22)16(23)11-13/h2,4-5,7-8,10-11,17H,3,6,9H2,1H3,(H,24,26,28). The van der Waals surface area contributed by atoms with Crippen LogP contribution in [0.4, 0.5) is 5.13 Å². The van der Waals surface area contributed by atoms with E-state index in [4.69, 9.17) is 27.9 Å². The number of carbonyl (C=O) groups is 2. The first kappa shape index (κ1) is 21.5. The van der Waals surface area contributed by atoms with Crippen molar-refractivity contribution in [2.75, 3.05) is 19.0 Å². The topological polar surface area (TPSA) is 84.4 Å². The summed E-state index contributed by atoms with van der Waals surface area (Å²) in [5.74, 6) is 0.158. The van der Waals surface area contributed by atoms with Crippen LogP contribution in [0.2, 0.25) is 10.0 Å². The number of nitrogens with zero attached hydrogens (tertiary/aromatic N) is 3. The monoisotopic (exact) mass is 476 g/mol. The molecule has 0 aliphatic carbocycles. The number of anilines is 1. The number of rotatable bonds is 5. The lowest BCUT2D eigenvalue weighted by Gasteiger charge is -2.23. The van der Waals surface area contributed by atoms with E-state index >= 15 is 0 Å². The first-order chi connectivity index (χ1) is 15.0. The molecular weight excluding hydrogens is 459 g/mol. The van der Waals surface area contributed by atoms with E-state index in [2.05, 4.69) is 15.5 Å². The van der Waals surface area contributed by atoms with E-state index < -0.39 is 6.04 Å². The summed E-state index contributed by atoms with van der Waals surface area (Å²) in [5.41, 5.74) is 1.24. The van der Waals surface area contributed by atoms with Crippen LogP contribution in [0.15, 0.2) is 42.5 Å². The number of aromatic nitrogens is 2. The summed E-state index contributed by atoms with van der Waals surface area (Å²) >= 11 is 13.2. The molecule has 160 valence electrons. The van der Waals surface area contributed by atoms with Crippen molar-refractivity contribution >= 4 is 51.5 Å². The van der Waals surface area contributed by atoms with Crippen molar-refractivity contribution < 1.29 is 14.3 Å². The third-order valence-electron chi connectivity index (χ3n) is 4.95. The number of methoxy groups -OCH3 is 1. The van der Waals surface area contributed by atoms with Crippen LogP contribution >= 0.6 is 34.5 Å². The lowest BCUT2D eigenvalue weighted by atomic mass is 10.1. The fourth-order valence-electron chi connectivity index (χ4n) is 3.41. The number of nitrogens with one attached hydrogen (secondary N) is 1. The molecule has 0 spiro atoms. The Labute approximate surface area is 192 Å². The number of ether oxygens (including phenoxy) is 1. The zero-order valence-electron chi connectivity index (χ0n) is 16.5. The fraction of sp³-hybridized carbons (Fsp3) is 0.238. The van der Waals surface area contributed by atoms with E-state index in [1.807, 2.05) is 24.3 Å². The Bertz CT molecular complexity index is 1140. The third-order valence-corrected chi connectivity index (χ3v) is 6.58. The molecule has 31 heavy (non-hydrogen) atoms. The van der Waals surface area contributed by atoms with Crippen LogP contribution in [0.5, 0.6) is 5.75 Å². The Hall–Kier alpha value is -2.68. The number of benzene rings is 2. The Morgan fingerprint density at radius 2 is 2.00 bits per heavy atom. The van der Waals surface area contributed by atoms with Crippen molar-refractivity contribution in [2.45, 2.75) is 18.9 Å². The van der Waals surface area contributed by atoms with E-state index in [0.717, 1.165) is 12.0 Å². The average molecular weight is 477 g/mol. The summed E-state index contributed by atoms with van der Waals surface area (Å²) in [5, 5.41) is 12.7. The van der Waals surface area contributed by atoms with Gasteiger partial charge in [0, 0.05) is 17.7 Å². The quantitative estimate of drug-likeness (QED) is 0.573. The van der Waals surface area contributed by atoms with Crippen LogP contribution < -0.4 is 10.1 Å². The molecule has 1 aliphatic rings. The Morgan fingerprint density at radius 1 is 1.16 bits per heavy atom. The zero-order chi connectivity index (χ0) is 22.0. The van der Waals surface area contributed by atoms with E-state index in [0.29, 0.717) is 44.5 Å². The largest absolute Gasteiger partial charge is 0.497 e. The van der Waals surface area contributed by atoms with Gasteiger partial charge in [-0.25, -0.2) is 0 Å². The van der Waals surface area contributed by atoms with Crippen LogP contribution in [0.3, 0.4) is 0 Å². The van der Waals surface area contributed by atoms with Crippen LogP contribution in [-0.2, 0) is 4.79 Å². The number of hydrogen-bond donors (Lipinski definition) is 1. The summed E-state index contributed by atoms with van der Waals surface area (Å²) in [4.78, 5) is 27.4. The molecule has 2 aromatic carbocycles. The van der Waals surface area contributed by atoms with E-state index in [1.165, 1.54) is 17.4 Å². The first-order valence-electron chi connectivity index (χ1n) is 9.51. The molecule has 4 rings (SSSR count). The third kappa shape index (κ3) is 4.66. The lowest BCUT2D eigenvalue weighted by molar-refractivity contribution is -0.119. The van der Waals surface area contributed by atoms with Crippen molar-refractivity contribution in [2.24, 2.45) is 0 Å². The highest BCUT2D eigenvalue weighted by Gasteiger charge is 2.35. The number of carbonyl (C=O) groups excluding carboxylic acids is 2. The van der Waals surface area contributed by atoms with Gasteiger partial charge in [-0.15, -0.1) is 10.2 Å². The molecule has 0 bridgehead atoms. The van der Waals surface area contributed by atoms with Crippen molar-refractivity contribution in [3.63, 3.8) is 0 Å². The highest BCUT2D eigenvalue weighted by Crippen LogP contribution is 2.30. The summed E-state index contributed by atoms with van der Waals surface area (Å²) in [6.45, 7) is 0.488. The number of amides is 2. The number of likely N-dealkylation sites (tertiary alicyclic amines) is 1. The van der Waals surface area contributed by atoms with Gasteiger partial charge in [0.25, 0.3) is 5.91 Å². The molecule has 3 aromatic rings. The normalized spacial score (nSPS) is 15.7. The molecule has 7 nitrogen and oxygen atoms in total. The molecule has 1 atom stereocenters.